The third kappa shape index (κ3) is 1.98. The molecule has 0 aliphatic carbocycles. The monoisotopic (exact) mass is 340 g/mol. The molecule has 3 rings (SSSR count). The van der Waals surface area contributed by atoms with Crippen molar-refractivity contribution < 1.29 is 0 Å². The summed E-state index contributed by atoms with van der Waals surface area (Å²) in [4.78, 5) is 19.3. The number of benzene rings is 1. The Labute approximate surface area is 120 Å². The van der Waals surface area contributed by atoms with Gasteiger partial charge in [0.05, 0.1) is 16.9 Å². The highest BCUT2D eigenvalue weighted by Gasteiger charge is 2.09. The second-order valence-corrected chi connectivity index (χ2v) is 6.00. The molecule has 0 radical (unpaired) electrons. The standard InChI is InChI=1S/C12H6BrClN2OS/c13-7-2-1-6(3-8(7)14)10-4-9-11(18-10)12(17)16-5-15-9/h1-5H,(H,15,16,17). The lowest BCUT2D eigenvalue weighted by atomic mass is 10.2. The number of halogens is 2. The molecule has 0 spiro atoms. The van der Waals surface area contributed by atoms with Gasteiger partial charge in [-0.25, -0.2) is 4.98 Å². The second-order valence-electron chi connectivity index (χ2n) is 3.69. The first-order valence-corrected chi connectivity index (χ1v) is 7.06. The van der Waals surface area contributed by atoms with Crippen molar-refractivity contribution in [2.75, 3.05) is 0 Å². The highest BCUT2D eigenvalue weighted by molar-refractivity contribution is 9.10. The van der Waals surface area contributed by atoms with Gasteiger partial charge < -0.3 is 4.98 Å². The Morgan fingerprint density at radius 3 is 2.89 bits per heavy atom. The topological polar surface area (TPSA) is 45.8 Å². The SMILES string of the molecule is O=c1[nH]cnc2cc(-c3ccc(Br)c(Cl)c3)sc12. The summed E-state index contributed by atoms with van der Waals surface area (Å²) in [5, 5.41) is 0.645. The van der Waals surface area contributed by atoms with Gasteiger partial charge in [0, 0.05) is 9.35 Å². The maximum Gasteiger partial charge on any atom is 0.268 e. The lowest BCUT2D eigenvalue weighted by Gasteiger charge is -1.99. The zero-order valence-electron chi connectivity index (χ0n) is 8.91. The molecule has 0 aliphatic rings. The number of thiophene rings is 1. The Bertz CT molecular complexity index is 796. The van der Waals surface area contributed by atoms with Crippen LogP contribution in [0.5, 0.6) is 0 Å². The van der Waals surface area contributed by atoms with Gasteiger partial charge in [0.2, 0.25) is 0 Å². The van der Waals surface area contributed by atoms with Crippen molar-refractivity contribution in [2.45, 2.75) is 0 Å². The van der Waals surface area contributed by atoms with Crippen LogP contribution in [0.25, 0.3) is 20.7 Å². The number of H-pyrrole nitrogens is 1. The van der Waals surface area contributed by atoms with Gasteiger partial charge in [0.1, 0.15) is 4.70 Å². The number of aromatic nitrogens is 2. The van der Waals surface area contributed by atoms with Gasteiger partial charge in [0.15, 0.2) is 0 Å². The van der Waals surface area contributed by atoms with E-state index in [-0.39, 0.29) is 5.56 Å². The molecule has 0 atom stereocenters. The fraction of sp³-hybridized carbons (Fsp3) is 0. The molecule has 90 valence electrons. The Morgan fingerprint density at radius 2 is 2.17 bits per heavy atom. The van der Waals surface area contributed by atoms with Gasteiger partial charge in [-0.05, 0) is 39.7 Å². The Balaban J connectivity index is 2.22. The van der Waals surface area contributed by atoms with Crippen molar-refractivity contribution in [2.24, 2.45) is 0 Å². The lowest BCUT2D eigenvalue weighted by Crippen LogP contribution is -2.02. The molecule has 2 aromatic heterocycles. The van der Waals surface area contributed by atoms with Crippen LogP contribution in [0.3, 0.4) is 0 Å². The predicted octanol–water partition coefficient (Wildman–Crippen LogP) is 4.07. The number of nitrogens with one attached hydrogen (secondary N) is 1. The minimum absolute atomic E-state index is 0.112. The van der Waals surface area contributed by atoms with Gasteiger partial charge in [-0.2, -0.15) is 0 Å². The van der Waals surface area contributed by atoms with Crippen molar-refractivity contribution in [3.63, 3.8) is 0 Å². The van der Waals surface area contributed by atoms with Crippen LogP contribution in [0.15, 0.2) is 39.9 Å². The van der Waals surface area contributed by atoms with E-state index in [1.165, 1.54) is 17.7 Å². The van der Waals surface area contributed by atoms with Crippen LogP contribution in [0.2, 0.25) is 5.02 Å². The van der Waals surface area contributed by atoms with Crippen molar-refractivity contribution in [3.8, 4) is 10.4 Å². The smallest absolute Gasteiger partial charge is 0.268 e. The van der Waals surface area contributed by atoms with Gasteiger partial charge in [-0.3, -0.25) is 4.79 Å². The van der Waals surface area contributed by atoms with Crippen LogP contribution in [0.1, 0.15) is 0 Å². The highest BCUT2D eigenvalue weighted by atomic mass is 79.9. The Hall–Kier alpha value is -1.17. The van der Waals surface area contributed by atoms with Crippen LogP contribution < -0.4 is 5.56 Å². The normalized spacial score (nSPS) is 11.0. The van der Waals surface area contributed by atoms with Crippen LogP contribution in [-0.4, -0.2) is 9.97 Å². The molecule has 1 N–H and O–H groups in total. The third-order valence-corrected chi connectivity index (χ3v) is 4.93. The van der Waals surface area contributed by atoms with Crippen LogP contribution in [-0.2, 0) is 0 Å². The maximum atomic E-state index is 11.6. The molecule has 0 saturated heterocycles. The highest BCUT2D eigenvalue weighted by Crippen LogP contribution is 2.34. The molecule has 0 aliphatic heterocycles. The molecule has 0 fully saturated rings. The fourth-order valence-corrected chi connectivity index (χ4v) is 3.09. The average molecular weight is 342 g/mol. The summed E-state index contributed by atoms with van der Waals surface area (Å²) >= 11 is 10.8. The number of hydrogen-bond donors (Lipinski definition) is 1. The first-order valence-electron chi connectivity index (χ1n) is 5.08. The van der Waals surface area contributed by atoms with E-state index in [2.05, 4.69) is 25.9 Å². The molecule has 18 heavy (non-hydrogen) atoms. The molecule has 0 amide bonds. The number of rotatable bonds is 1. The number of fused-ring (bicyclic) bond motifs is 1. The van der Waals surface area contributed by atoms with E-state index in [1.807, 2.05) is 24.3 Å². The van der Waals surface area contributed by atoms with Crippen molar-refractivity contribution in [3.05, 3.63) is 50.4 Å². The summed E-state index contributed by atoms with van der Waals surface area (Å²) in [6, 6.07) is 7.61. The molecule has 0 saturated carbocycles. The molecule has 6 heteroatoms. The van der Waals surface area contributed by atoms with Crippen LogP contribution >= 0.6 is 38.9 Å². The van der Waals surface area contributed by atoms with E-state index in [0.29, 0.717) is 15.2 Å². The Morgan fingerprint density at radius 1 is 1.33 bits per heavy atom. The maximum absolute atomic E-state index is 11.6. The summed E-state index contributed by atoms with van der Waals surface area (Å²) in [6.07, 6.45) is 1.41. The van der Waals surface area contributed by atoms with Crippen molar-refractivity contribution >= 4 is 49.1 Å². The molecule has 1 aromatic carbocycles. The van der Waals surface area contributed by atoms with E-state index in [4.69, 9.17) is 11.6 Å². The number of hydrogen-bond acceptors (Lipinski definition) is 3. The molecular weight excluding hydrogens is 336 g/mol. The van der Waals surface area contributed by atoms with E-state index in [0.717, 1.165) is 14.9 Å². The van der Waals surface area contributed by atoms with Gasteiger partial charge in [0.25, 0.3) is 5.56 Å². The summed E-state index contributed by atoms with van der Waals surface area (Å²) in [5.74, 6) is 0. The summed E-state index contributed by atoms with van der Waals surface area (Å²) < 4.78 is 1.48. The fourth-order valence-electron chi connectivity index (χ4n) is 1.66. The zero-order chi connectivity index (χ0) is 12.7. The summed E-state index contributed by atoms with van der Waals surface area (Å²) in [6.45, 7) is 0. The minimum atomic E-state index is -0.112. The molecular formula is C12H6BrClN2OS. The lowest BCUT2D eigenvalue weighted by molar-refractivity contribution is 1.18. The molecule has 0 bridgehead atoms. The van der Waals surface area contributed by atoms with Crippen molar-refractivity contribution in [1.29, 1.82) is 0 Å². The van der Waals surface area contributed by atoms with Gasteiger partial charge >= 0.3 is 0 Å². The van der Waals surface area contributed by atoms with E-state index >= 15 is 0 Å². The van der Waals surface area contributed by atoms with E-state index in [9.17, 15) is 4.79 Å². The first-order chi connectivity index (χ1) is 8.65. The van der Waals surface area contributed by atoms with E-state index in [1.54, 1.807) is 0 Å². The number of nitrogens with zero attached hydrogens (tertiary/aromatic N) is 1. The largest absolute Gasteiger partial charge is 0.312 e. The van der Waals surface area contributed by atoms with E-state index < -0.39 is 0 Å². The summed E-state index contributed by atoms with van der Waals surface area (Å²) in [7, 11) is 0. The zero-order valence-corrected chi connectivity index (χ0v) is 12.1. The third-order valence-electron chi connectivity index (χ3n) is 2.52. The van der Waals surface area contributed by atoms with Crippen LogP contribution in [0, 0.1) is 0 Å². The number of aromatic amines is 1. The molecule has 0 unspecified atom stereocenters. The summed E-state index contributed by atoms with van der Waals surface area (Å²) in [5.41, 5.74) is 1.57. The van der Waals surface area contributed by atoms with Gasteiger partial charge in [-0.15, -0.1) is 11.3 Å². The quantitative estimate of drug-likeness (QED) is 0.725. The average Bonchev–Trinajstić information content (AvgIpc) is 2.78. The Kier molecular flexibility index (Phi) is 2.97. The minimum Gasteiger partial charge on any atom is -0.312 e. The van der Waals surface area contributed by atoms with Crippen molar-refractivity contribution in [1.82, 2.24) is 9.97 Å². The van der Waals surface area contributed by atoms with Crippen LogP contribution in [0.4, 0.5) is 0 Å². The predicted molar refractivity (Wildman–Crippen MR) is 78.4 cm³/mol. The first kappa shape index (κ1) is 11.9. The van der Waals surface area contributed by atoms with Gasteiger partial charge in [-0.1, -0.05) is 17.7 Å². The molecule has 3 nitrogen and oxygen atoms in total. The second kappa shape index (κ2) is 4.50. The molecule has 2 heterocycles. The molecule has 3 aromatic rings.